The summed E-state index contributed by atoms with van der Waals surface area (Å²) in [6.45, 7) is 1.57. The van der Waals surface area contributed by atoms with Crippen LogP contribution in [0.2, 0.25) is 0 Å². The molecule has 0 aliphatic carbocycles. The standard InChI is InChI=1S/C13H15NO4/c15-11-3-1-2-9-10-7-14(13(16)17)6-8(10)4-5-18-12(9)11/h1-3,8,10,15H,4-7H2,(H,16,17)/t8-,10-/m1/s1. The van der Waals surface area contributed by atoms with Crippen molar-refractivity contribution in [2.45, 2.75) is 12.3 Å². The zero-order valence-electron chi connectivity index (χ0n) is 9.87. The van der Waals surface area contributed by atoms with E-state index in [9.17, 15) is 9.90 Å². The average Bonchev–Trinajstić information content (AvgIpc) is 2.68. The number of hydrogen-bond donors (Lipinski definition) is 2. The van der Waals surface area contributed by atoms with Gasteiger partial charge in [0.05, 0.1) is 6.61 Å². The van der Waals surface area contributed by atoms with Crippen LogP contribution in [0.15, 0.2) is 18.2 Å². The maximum Gasteiger partial charge on any atom is 0.407 e. The van der Waals surface area contributed by atoms with Gasteiger partial charge in [-0.2, -0.15) is 0 Å². The van der Waals surface area contributed by atoms with Crippen molar-refractivity contribution < 1.29 is 19.7 Å². The van der Waals surface area contributed by atoms with Gasteiger partial charge in [0.1, 0.15) is 0 Å². The highest BCUT2D eigenvalue weighted by molar-refractivity contribution is 5.66. The number of nitrogens with zero attached hydrogens (tertiary/aromatic N) is 1. The fraction of sp³-hybridized carbons (Fsp3) is 0.462. The van der Waals surface area contributed by atoms with Gasteiger partial charge in [-0.25, -0.2) is 4.79 Å². The van der Waals surface area contributed by atoms with E-state index in [1.807, 2.05) is 6.07 Å². The minimum atomic E-state index is -0.870. The van der Waals surface area contributed by atoms with Gasteiger partial charge in [0.15, 0.2) is 11.5 Å². The molecular weight excluding hydrogens is 234 g/mol. The van der Waals surface area contributed by atoms with Gasteiger partial charge in [-0.15, -0.1) is 0 Å². The quantitative estimate of drug-likeness (QED) is 0.736. The Morgan fingerprint density at radius 3 is 3.00 bits per heavy atom. The van der Waals surface area contributed by atoms with Gasteiger partial charge in [0.25, 0.3) is 0 Å². The van der Waals surface area contributed by atoms with Crippen LogP contribution in [-0.4, -0.2) is 40.9 Å². The van der Waals surface area contributed by atoms with E-state index in [1.54, 1.807) is 12.1 Å². The van der Waals surface area contributed by atoms with Crippen LogP contribution >= 0.6 is 0 Å². The minimum absolute atomic E-state index is 0.130. The topological polar surface area (TPSA) is 70.0 Å². The molecule has 0 bridgehead atoms. The summed E-state index contributed by atoms with van der Waals surface area (Å²) >= 11 is 0. The first-order valence-electron chi connectivity index (χ1n) is 6.09. The number of para-hydroxylation sites is 1. The van der Waals surface area contributed by atoms with Gasteiger partial charge in [-0.1, -0.05) is 12.1 Å². The number of benzene rings is 1. The van der Waals surface area contributed by atoms with Gasteiger partial charge in [-0.3, -0.25) is 0 Å². The largest absolute Gasteiger partial charge is 0.504 e. The second kappa shape index (κ2) is 4.08. The van der Waals surface area contributed by atoms with Gasteiger partial charge in [0, 0.05) is 24.6 Å². The Labute approximate surface area is 105 Å². The monoisotopic (exact) mass is 249 g/mol. The molecule has 18 heavy (non-hydrogen) atoms. The van der Waals surface area contributed by atoms with E-state index in [1.165, 1.54) is 4.90 Å². The molecule has 2 aliphatic heterocycles. The number of ether oxygens (including phenoxy) is 1. The summed E-state index contributed by atoms with van der Waals surface area (Å²) in [5.41, 5.74) is 0.932. The third-order valence-corrected chi connectivity index (χ3v) is 3.87. The molecule has 0 aromatic heterocycles. The zero-order chi connectivity index (χ0) is 12.7. The normalized spacial score (nSPS) is 25.9. The van der Waals surface area contributed by atoms with E-state index < -0.39 is 6.09 Å². The van der Waals surface area contributed by atoms with E-state index >= 15 is 0 Å². The first-order chi connectivity index (χ1) is 8.66. The Kier molecular flexibility index (Phi) is 2.54. The van der Waals surface area contributed by atoms with Crippen LogP contribution in [0.3, 0.4) is 0 Å². The highest BCUT2D eigenvalue weighted by Crippen LogP contribution is 2.44. The molecule has 2 N–H and O–H groups in total. The first-order valence-corrected chi connectivity index (χ1v) is 6.09. The van der Waals surface area contributed by atoms with Crippen molar-refractivity contribution in [1.29, 1.82) is 0 Å². The summed E-state index contributed by atoms with van der Waals surface area (Å²) in [6, 6.07) is 5.30. The van der Waals surface area contributed by atoms with Crippen LogP contribution in [0.1, 0.15) is 17.9 Å². The Morgan fingerprint density at radius 2 is 2.22 bits per heavy atom. The lowest BCUT2D eigenvalue weighted by Gasteiger charge is -2.16. The Balaban J connectivity index is 1.99. The molecular formula is C13H15NO4. The SMILES string of the molecule is O=C(O)N1C[C@H]2CCOc3c(O)cccc3[C@@H]2C1. The number of carboxylic acid groups (broad SMARTS) is 1. The van der Waals surface area contributed by atoms with Crippen molar-refractivity contribution in [2.24, 2.45) is 5.92 Å². The smallest absolute Gasteiger partial charge is 0.407 e. The van der Waals surface area contributed by atoms with Crippen molar-refractivity contribution in [3.63, 3.8) is 0 Å². The van der Waals surface area contributed by atoms with E-state index in [-0.39, 0.29) is 17.6 Å². The van der Waals surface area contributed by atoms with Gasteiger partial charge in [0.2, 0.25) is 0 Å². The number of amides is 1. The molecule has 2 atom stereocenters. The molecule has 1 aromatic rings. The molecule has 0 radical (unpaired) electrons. The average molecular weight is 249 g/mol. The first kappa shape index (κ1) is 11.2. The molecule has 0 unspecified atom stereocenters. The lowest BCUT2D eigenvalue weighted by molar-refractivity contribution is 0.152. The molecule has 2 heterocycles. The predicted molar refractivity (Wildman–Crippen MR) is 64.0 cm³/mol. The molecule has 1 fully saturated rings. The van der Waals surface area contributed by atoms with Gasteiger partial charge < -0.3 is 19.8 Å². The van der Waals surface area contributed by atoms with E-state index in [2.05, 4.69) is 0 Å². The third kappa shape index (κ3) is 1.66. The van der Waals surface area contributed by atoms with Crippen molar-refractivity contribution in [3.05, 3.63) is 23.8 Å². The number of aromatic hydroxyl groups is 1. The predicted octanol–water partition coefficient (Wildman–Crippen LogP) is 1.87. The summed E-state index contributed by atoms with van der Waals surface area (Å²) in [4.78, 5) is 12.5. The molecule has 1 amide bonds. The summed E-state index contributed by atoms with van der Waals surface area (Å²) in [5.74, 6) is 1.08. The van der Waals surface area contributed by atoms with Crippen molar-refractivity contribution in [1.82, 2.24) is 4.90 Å². The van der Waals surface area contributed by atoms with Crippen molar-refractivity contribution in [3.8, 4) is 11.5 Å². The van der Waals surface area contributed by atoms with Gasteiger partial charge >= 0.3 is 6.09 Å². The fourth-order valence-corrected chi connectivity index (χ4v) is 2.98. The Hall–Kier alpha value is -1.91. The van der Waals surface area contributed by atoms with Crippen molar-refractivity contribution in [2.75, 3.05) is 19.7 Å². The molecule has 1 saturated heterocycles. The second-order valence-electron chi connectivity index (χ2n) is 4.89. The number of rotatable bonds is 0. The van der Waals surface area contributed by atoms with Crippen LogP contribution in [0.4, 0.5) is 4.79 Å². The summed E-state index contributed by atoms with van der Waals surface area (Å²) in [7, 11) is 0. The molecule has 0 spiro atoms. The highest BCUT2D eigenvalue weighted by Gasteiger charge is 2.39. The summed E-state index contributed by atoms with van der Waals surface area (Å²) in [5, 5.41) is 18.9. The molecule has 3 rings (SSSR count). The third-order valence-electron chi connectivity index (χ3n) is 3.87. The maximum absolute atomic E-state index is 11.1. The van der Waals surface area contributed by atoms with Crippen LogP contribution in [-0.2, 0) is 0 Å². The number of phenols is 1. The Bertz CT molecular complexity index is 488. The summed E-state index contributed by atoms with van der Waals surface area (Å²) < 4.78 is 5.60. The molecule has 96 valence electrons. The number of phenolic OH excluding ortho intramolecular Hbond substituents is 1. The molecule has 2 aliphatic rings. The van der Waals surface area contributed by atoms with Crippen LogP contribution < -0.4 is 4.74 Å². The van der Waals surface area contributed by atoms with Crippen LogP contribution in [0, 0.1) is 5.92 Å². The summed E-state index contributed by atoms with van der Waals surface area (Å²) in [6.07, 6.45) is -0.0477. The number of likely N-dealkylation sites (tertiary alicyclic amines) is 1. The lowest BCUT2D eigenvalue weighted by atomic mass is 9.87. The van der Waals surface area contributed by atoms with Crippen molar-refractivity contribution >= 4 is 6.09 Å². The molecule has 1 aromatic carbocycles. The lowest BCUT2D eigenvalue weighted by Crippen LogP contribution is -2.27. The molecule has 5 heteroatoms. The van der Waals surface area contributed by atoms with Crippen LogP contribution in [0.25, 0.3) is 0 Å². The number of hydrogen-bond acceptors (Lipinski definition) is 3. The molecule has 0 saturated carbocycles. The fourth-order valence-electron chi connectivity index (χ4n) is 2.98. The molecule has 5 nitrogen and oxygen atoms in total. The minimum Gasteiger partial charge on any atom is -0.504 e. The van der Waals surface area contributed by atoms with E-state index in [4.69, 9.17) is 9.84 Å². The van der Waals surface area contributed by atoms with E-state index in [0.29, 0.717) is 25.4 Å². The maximum atomic E-state index is 11.1. The number of fused-ring (bicyclic) bond motifs is 3. The Morgan fingerprint density at radius 1 is 1.39 bits per heavy atom. The van der Waals surface area contributed by atoms with Crippen LogP contribution in [0.5, 0.6) is 11.5 Å². The second-order valence-corrected chi connectivity index (χ2v) is 4.89. The van der Waals surface area contributed by atoms with E-state index in [0.717, 1.165) is 12.0 Å². The zero-order valence-corrected chi connectivity index (χ0v) is 9.87. The number of carbonyl (C=O) groups is 1. The van der Waals surface area contributed by atoms with Gasteiger partial charge in [-0.05, 0) is 18.4 Å². The highest BCUT2D eigenvalue weighted by atomic mass is 16.5.